The smallest absolute Gasteiger partial charge is 0.308 e. The normalized spacial score (nSPS) is 28.0. The number of carbonyl (C=O) groups excluding carboxylic acids is 2. The van der Waals surface area contributed by atoms with E-state index in [0.717, 1.165) is 19.3 Å². The molecule has 0 aliphatic heterocycles. The van der Waals surface area contributed by atoms with E-state index in [1.54, 1.807) is 6.92 Å². The fourth-order valence-corrected chi connectivity index (χ4v) is 5.48. The molecule has 8 nitrogen and oxygen atoms in total. The second kappa shape index (κ2) is 14.9. The zero-order chi connectivity index (χ0) is 26.8. The van der Waals surface area contributed by atoms with Crippen molar-refractivity contribution in [1.29, 1.82) is 0 Å². The number of nitrogens with zero attached hydrogens (tertiary/aromatic N) is 1. The number of ether oxygens (including phenoxy) is 1. The Hall–Kier alpha value is -1.74. The molecule has 8 unspecified atom stereocenters. The molecule has 0 heterocycles. The van der Waals surface area contributed by atoms with Crippen LogP contribution < -0.4 is 5.32 Å². The van der Waals surface area contributed by atoms with E-state index in [4.69, 9.17) is 4.74 Å². The lowest BCUT2D eigenvalue weighted by atomic mass is 9.65. The number of fused-ring (bicyclic) bond motifs is 1. The van der Waals surface area contributed by atoms with Crippen LogP contribution in [0.4, 0.5) is 0 Å². The molecule has 0 aromatic rings. The lowest BCUT2D eigenvalue weighted by Gasteiger charge is -2.43. The molecular formula is C28H48N2O6. The van der Waals surface area contributed by atoms with Crippen LogP contribution in [0.3, 0.4) is 0 Å². The van der Waals surface area contributed by atoms with Gasteiger partial charge in [0.25, 0.3) is 0 Å². The highest BCUT2D eigenvalue weighted by Gasteiger charge is 2.41. The molecule has 0 radical (unpaired) electrons. The molecule has 0 saturated carbocycles. The number of hydrogen-bond acceptors (Lipinski definition) is 7. The molecule has 0 fully saturated rings. The summed E-state index contributed by atoms with van der Waals surface area (Å²) >= 11 is 0. The van der Waals surface area contributed by atoms with Crippen LogP contribution in [0.2, 0.25) is 0 Å². The molecular weight excluding hydrogens is 460 g/mol. The van der Waals surface area contributed by atoms with Crippen molar-refractivity contribution in [3.8, 4) is 0 Å². The average molecular weight is 509 g/mol. The van der Waals surface area contributed by atoms with Crippen LogP contribution in [0.15, 0.2) is 23.8 Å². The maximum atomic E-state index is 12.7. The van der Waals surface area contributed by atoms with Crippen molar-refractivity contribution in [2.75, 3.05) is 19.7 Å². The quantitative estimate of drug-likeness (QED) is 0.161. The highest BCUT2D eigenvalue weighted by Crippen LogP contribution is 2.45. The first-order valence-electron chi connectivity index (χ1n) is 13.7. The summed E-state index contributed by atoms with van der Waals surface area (Å²) in [5, 5.41) is 33.6. The van der Waals surface area contributed by atoms with Crippen molar-refractivity contribution in [1.82, 2.24) is 10.4 Å². The van der Waals surface area contributed by atoms with E-state index in [1.165, 1.54) is 5.57 Å². The van der Waals surface area contributed by atoms with Crippen LogP contribution >= 0.6 is 0 Å². The second-order valence-electron chi connectivity index (χ2n) is 10.7. The number of carbonyl (C=O) groups is 2. The minimum absolute atomic E-state index is 0.0466. The third kappa shape index (κ3) is 8.68. The minimum Gasteiger partial charge on any atom is -0.461 e. The van der Waals surface area contributed by atoms with Gasteiger partial charge in [-0.05, 0) is 62.4 Å². The number of hydroxylamine groups is 2. The maximum absolute atomic E-state index is 12.7. The summed E-state index contributed by atoms with van der Waals surface area (Å²) in [5.74, 6) is 0.290. The maximum Gasteiger partial charge on any atom is 0.308 e. The number of amides is 1. The molecule has 1 amide bonds. The van der Waals surface area contributed by atoms with Gasteiger partial charge in [-0.1, -0.05) is 45.9 Å². The van der Waals surface area contributed by atoms with E-state index in [-0.39, 0.29) is 61.4 Å². The first-order chi connectivity index (χ1) is 17.1. The Morgan fingerprint density at radius 3 is 2.64 bits per heavy atom. The van der Waals surface area contributed by atoms with Gasteiger partial charge >= 0.3 is 5.97 Å². The van der Waals surface area contributed by atoms with Crippen LogP contribution in [0.1, 0.15) is 73.1 Å². The Labute approximate surface area is 216 Å². The van der Waals surface area contributed by atoms with Gasteiger partial charge in [0.05, 0.1) is 18.6 Å². The van der Waals surface area contributed by atoms with E-state index in [1.807, 2.05) is 13.8 Å². The van der Waals surface area contributed by atoms with Crippen LogP contribution in [-0.4, -0.2) is 70.3 Å². The molecule has 0 aromatic heterocycles. The average Bonchev–Trinajstić information content (AvgIpc) is 2.85. The lowest BCUT2D eigenvalue weighted by Crippen LogP contribution is -2.42. The minimum atomic E-state index is -0.642. The lowest BCUT2D eigenvalue weighted by molar-refractivity contribution is -0.165. The number of esters is 1. The predicted molar refractivity (Wildman–Crippen MR) is 139 cm³/mol. The fourth-order valence-electron chi connectivity index (χ4n) is 5.48. The van der Waals surface area contributed by atoms with E-state index in [9.17, 15) is 25.0 Å². The summed E-state index contributed by atoms with van der Waals surface area (Å²) in [4.78, 5) is 24.9. The Bertz CT molecular complexity index is 769. The van der Waals surface area contributed by atoms with Gasteiger partial charge in [0.2, 0.25) is 5.91 Å². The molecule has 2 rings (SSSR count). The summed E-state index contributed by atoms with van der Waals surface area (Å²) in [6, 6.07) is -0.347. The van der Waals surface area contributed by atoms with Crippen molar-refractivity contribution in [2.24, 2.45) is 29.6 Å². The SMILES string of the molecule is CCC(C)C(=O)OC1CC(C)C=C2C=CC(C)C(CCC(O)CC(CC(=O)N(O)CC)NCCO)C21. The molecule has 2 aliphatic rings. The van der Waals surface area contributed by atoms with E-state index in [2.05, 4.69) is 37.4 Å². The van der Waals surface area contributed by atoms with E-state index in [0.29, 0.717) is 30.4 Å². The molecule has 2 aliphatic carbocycles. The second-order valence-corrected chi connectivity index (χ2v) is 10.7. The molecule has 206 valence electrons. The monoisotopic (exact) mass is 508 g/mol. The van der Waals surface area contributed by atoms with Crippen molar-refractivity contribution < 1.29 is 29.7 Å². The summed E-state index contributed by atoms with van der Waals surface area (Å²) in [7, 11) is 0. The third-order valence-electron chi connectivity index (χ3n) is 7.82. The Morgan fingerprint density at radius 1 is 1.28 bits per heavy atom. The van der Waals surface area contributed by atoms with Gasteiger partial charge < -0.3 is 20.3 Å². The number of aliphatic hydroxyl groups excluding tert-OH is 2. The number of hydrogen-bond donors (Lipinski definition) is 4. The summed E-state index contributed by atoms with van der Waals surface area (Å²) in [5.41, 5.74) is 1.23. The van der Waals surface area contributed by atoms with Gasteiger partial charge in [0.1, 0.15) is 6.10 Å². The molecule has 8 atom stereocenters. The molecule has 36 heavy (non-hydrogen) atoms. The predicted octanol–water partition coefficient (Wildman–Crippen LogP) is 3.46. The highest BCUT2D eigenvalue weighted by molar-refractivity contribution is 5.75. The first-order valence-corrected chi connectivity index (χ1v) is 13.7. The standard InChI is InChI=1S/C28H48N2O6/c1-6-19(4)28(34)36-25-15-18(3)14-21-9-8-20(5)24(27(21)25)11-10-23(32)16-22(29-12-13-31)17-26(33)30(35)7-2/h8-9,14,18-20,22-25,27,29,31-32,35H,6-7,10-13,15-17H2,1-5H3. The summed E-state index contributed by atoms with van der Waals surface area (Å²) in [6.45, 7) is 10.4. The first kappa shape index (κ1) is 30.5. The molecule has 8 heteroatoms. The van der Waals surface area contributed by atoms with E-state index < -0.39 is 12.0 Å². The van der Waals surface area contributed by atoms with E-state index >= 15 is 0 Å². The van der Waals surface area contributed by atoms with Gasteiger partial charge in [-0.25, -0.2) is 5.06 Å². The van der Waals surface area contributed by atoms with Gasteiger partial charge in [0, 0.05) is 31.5 Å². The number of aliphatic hydroxyl groups is 2. The Morgan fingerprint density at radius 2 is 2.00 bits per heavy atom. The number of allylic oxidation sites excluding steroid dienone is 3. The Kier molecular flexibility index (Phi) is 12.6. The van der Waals surface area contributed by atoms with Crippen molar-refractivity contribution >= 4 is 11.9 Å². The van der Waals surface area contributed by atoms with Gasteiger partial charge in [0.15, 0.2) is 0 Å². The Balaban J connectivity index is 2.08. The number of rotatable bonds is 14. The van der Waals surface area contributed by atoms with Gasteiger partial charge in [-0.3, -0.25) is 14.8 Å². The van der Waals surface area contributed by atoms with Gasteiger partial charge in [-0.2, -0.15) is 0 Å². The van der Waals surface area contributed by atoms with Crippen molar-refractivity contribution in [2.45, 2.75) is 91.4 Å². The molecule has 0 bridgehead atoms. The largest absolute Gasteiger partial charge is 0.461 e. The number of nitrogens with one attached hydrogen (secondary N) is 1. The fraction of sp³-hybridized carbons (Fsp3) is 0.786. The zero-order valence-corrected chi connectivity index (χ0v) is 22.7. The van der Waals surface area contributed by atoms with Crippen LogP contribution in [-0.2, 0) is 14.3 Å². The molecule has 4 N–H and O–H groups in total. The van der Waals surface area contributed by atoms with Crippen molar-refractivity contribution in [3.63, 3.8) is 0 Å². The molecule has 0 spiro atoms. The topological polar surface area (TPSA) is 119 Å². The molecule has 0 aromatic carbocycles. The third-order valence-corrected chi connectivity index (χ3v) is 7.82. The zero-order valence-electron chi connectivity index (χ0n) is 22.7. The highest BCUT2D eigenvalue weighted by atomic mass is 16.5. The molecule has 0 saturated heterocycles. The van der Waals surface area contributed by atoms with Crippen LogP contribution in [0, 0.1) is 29.6 Å². The van der Waals surface area contributed by atoms with Crippen LogP contribution in [0.5, 0.6) is 0 Å². The summed E-state index contributed by atoms with van der Waals surface area (Å²) in [6.07, 6.45) is 9.14. The van der Waals surface area contributed by atoms with Gasteiger partial charge in [-0.15, -0.1) is 0 Å². The van der Waals surface area contributed by atoms with Crippen LogP contribution in [0.25, 0.3) is 0 Å². The summed E-state index contributed by atoms with van der Waals surface area (Å²) < 4.78 is 6.08. The van der Waals surface area contributed by atoms with Crippen molar-refractivity contribution in [3.05, 3.63) is 23.8 Å².